The van der Waals surface area contributed by atoms with Crippen molar-refractivity contribution >= 4 is 0 Å². The van der Waals surface area contributed by atoms with Crippen molar-refractivity contribution in [1.29, 1.82) is 0 Å². The third-order valence-corrected chi connectivity index (χ3v) is 3.90. The molecule has 17 heavy (non-hydrogen) atoms. The first kappa shape index (κ1) is 15.0. The molecule has 1 aliphatic rings. The summed E-state index contributed by atoms with van der Waals surface area (Å²) in [5, 5.41) is 0. The van der Waals surface area contributed by atoms with Crippen molar-refractivity contribution < 1.29 is 4.74 Å². The highest BCUT2D eigenvalue weighted by Crippen LogP contribution is 2.19. The molecule has 0 aromatic heterocycles. The summed E-state index contributed by atoms with van der Waals surface area (Å²) in [6.45, 7) is 3.30. The molecule has 0 N–H and O–H groups in total. The molecule has 1 aliphatic heterocycles. The summed E-state index contributed by atoms with van der Waals surface area (Å²) in [6, 6.07) is 0. The maximum Gasteiger partial charge on any atom is 0.0575 e. The Labute approximate surface area is 108 Å². The van der Waals surface area contributed by atoms with Crippen molar-refractivity contribution in [3.63, 3.8) is 0 Å². The highest BCUT2D eigenvalue weighted by molar-refractivity contribution is 4.63. The van der Waals surface area contributed by atoms with Crippen LogP contribution in [0.15, 0.2) is 0 Å². The van der Waals surface area contributed by atoms with E-state index in [1.165, 1.54) is 83.5 Å². The van der Waals surface area contributed by atoms with Crippen molar-refractivity contribution in [3.05, 3.63) is 0 Å². The maximum atomic E-state index is 5.75. The van der Waals surface area contributed by atoms with Gasteiger partial charge in [-0.3, -0.25) is 0 Å². The van der Waals surface area contributed by atoms with Crippen LogP contribution in [-0.2, 0) is 4.74 Å². The fourth-order valence-electron chi connectivity index (χ4n) is 2.72. The summed E-state index contributed by atoms with van der Waals surface area (Å²) in [7, 11) is 0. The number of ether oxygens (including phenoxy) is 1. The molecule has 1 saturated heterocycles. The van der Waals surface area contributed by atoms with Gasteiger partial charge in [-0.15, -0.1) is 0 Å². The molecule has 1 unspecified atom stereocenters. The van der Waals surface area contributed by atoms with Crippen LogP contribution >= 0.6 is 0 Å². The molecule has 102 valence electrons. The van der Waals surface area contributed by atoms with E-state index >= 15 is 0 Å². The Morgan fingerprint density at radius 3 is 2.06 bits per heavy atom. The second-order valence-electron chi connectivity index (χ2n) is 5.61. The number of unbranched alkanes of at least 4 members (excludes halogenated alkanes) is 8. The second kappa shape index (κ2) is 11.1. The van der Waals surface area contributed by atoms with Crippen molar-refractivity contribution in [1.82, 2.24) is 0 Å². The maximum absolute atomic E-state index is 5.75. The van der Waals surface area contributed by atoms with Crippen molar-refractivity contribution in [2.75, 3.05) is 6.61 Å². The van der Waals surface area contributed by atoms with E-state index < -0.39 is 0 Å². The summed E-state index contributed by atoms with van der Waals surface area (Å²) < 4.78 is 5.75. The molecule has 1 fully saturated rings. The Morgan fingerprint density at radius 1 is 0.824 bits per heavy atom. The minimum Gasteiger partial charge on any atom is -0.378 e. The van der Waals surface area contributed by atoms with E-state index in [0.717, 1.165) is 6.61 Å². The zero-order chi connectivity index (χ0) is 12.2. The summed E-state index contributed by atoms with van der Waals surface area (Å²) in [6.07, 6.45) is 18.8. The lowest BCUT2D eigenvalue weighted by molar-refractivity contribution is 0.00977. The summed E-state index contributed by atoms with van der Waals surface area (Å²) in [4.78, 5) is 0. The molecule has 0 amide bonds. The van der Waals surface area contributed by atoms with Crippen molar-refractivity contribution in [2.45, 2.75) is 96.5 Å². The molecule has 0 aliphatic carbocycles. The van der Waals surface area contributed by atoms with E-state index in [-0.39, 0.29) is 0 Å². The van der Waals surface area contributed by atoms with Crippen LogP contribution in [0.1, 0.15) is 90.4 Å². The number of rotatable bonds is 10. The largest absolute Gasteiger partial charge is 0.378 e. The number of hydrogen-bond donors (Lipinski definition) is 0. The van der Waals surface area contributed by atoms with Gasteiger partial charge in [0.15, 0.2) is 0 Å². The minimum atomic E-state index is 0.605. The zero-order valence-corrected chi connectivity index (χ0v) is 11.9. The topological polar surface area (TPSA) is 9.23 Å². The molecule has 1 rings (SSSR count). The van der Waals surface area contributed by atoms with E-state index in [1.807, 2.05) is 0 Å². The second-order valence-corrected chi connectivity index (χ2v) is 5.61. The summed E-state index contributed by atoms with van der Waals surface area (Å²) in [5.74, 6) is 0. The van der Waals surface area contributed by atoms with Crippen LogP contribution in [0.3, 0.4) is 0 Å². The van der Waals surface area contributed by atoms with E-state index in [9.17, 15) is 0 Å². The Hall–Kier alpha value is -0.0400. The molecule has 0 radical (unpaired) electrons. The highest BCUT2D eigenvalue weighted by atomic mass is 16.5. The lowest BCUT2D eigenvalue weighted by Gasteiger charge is -2.22. The molecule has 1 heterocycles. The quantitative estimate of drug-likeness (QED) is 0.460. The minimum absolute atomic E-state index is 0.605. The average Bonchev–Trinajstić information content (AvgIpc) is 2.38. The van der Waals surface area contributed by atoms with Crippen LogP contribution in [0.2, 0.25) is 0 Å². The molecule has 1 heteroatoms. The first-order valence-corrected chi connectivity index (χ1v) is 8.05. The fourth-order valence-corrected chi connectivity index (χ4v) is 2.72. The molecule has 1 nitrogen and oxygen atoms in total. The molecule has 0 saturated carbocycles. The van der Waals surface area contributed by atoms with E-state index in [4.69, 9.17) is 4.74 Å². The first-order chi connectivity index (χ1) is 8.43. The summed E-state index contributed by atoms with van der Waals surface area (Å²) >= 11 is 0. The SMILES string of the molecule is CCCCCCCCCCCC1CCCCO1. The van der Waals surface area contributed by atoms with E-state index in [2.05, 4.69) is 6.92 Å². The van der Waals surface area contributed by atoms with Gasteiger partial charge in [0.1, 0.15) is 0 Å². The van der Waals surface area contributed by atoms with Gasteiger partial charge in [-0.05, 0) is 25.7 Å². The fraction of sp³-hybridized carbons (Fsp3) is 1.00. The molecule has 1 atom stereocenters. The zero-order valence-electron chi connectivity index (χ0n) is 11.9. The molecular weight excluding hydrogens is 208 g/mol. The van der Waals surface area contributed by atoms with Gasteiger partial charge in [0.25, 0.3) is 0 Å². The normalized spacial score (nSPS) is 20.6. The number of hydrogen-bond acceptors (Lipinski definition) is 1. The average molecular weight is 240 g/mol. The Morgan fingerprint density at radius 2 is 1.47 bits per heavy atom. The van der Waals surface area contributed by atoms with E-state index in [1.54, 1.807) is 0 Å². The Kier molecular flexibility index (Phi) is 9.78. The van der Waals surface area contributed by atoms with Crippen molar-refractivity contribution in [2.24, 2.45) is 0 Å². The van der Waals surface area contributed by atoms with Gasteiger partial charge in [0.2, 0.25) is 0 Å². The van der Waals surface area contributed by atoms with Gasteiger partial charge in [-0.2, -0.15) is 0 Å². The summed E-state index contributed by atoms with van der Waals surface area (Å²) in [5.41, 5.74) is 0. The Bertz CT molecular complexity index is 150. The molecule has 0 aromatic rings. The standard InChI is InChI=1S/C16H32O/c1-2-3-4-5-6-7-8-9-10-13-16-14-11-12-15-17-16/h16H,2-15H2,1H3. The molecule has 0 aromatic carbocycles. The lowest BCUT2D eigenvalue weighted by atomic mass is 10.0. The third kappa shape index (κ3) is 8.65. The van der Waals surface area contributed by atoms with Gasteiger partial charge in [-0.25, -0.2) is 0 Å². The van der Waals surface area contributed by atoms with Crippen LogP contribution < -0.4 is 0 Å². The predicted molar refractivity (Wildman–Crippen MR) is 75.4 cm³/mol. The van der Waals surface area contributed by atoms with Gasteiger partial charge in [-0.1, -0.05) is 64.7 Å². The Balaban J connectivity index is 1.75. The first-order valence-electron chi connectivity index (χ1n) is 8.05. The smallest absolute Gasteiger partial charge is 0.0575 e. The molecular formula is C16H32O. The van der Waals surface area contributed by atoms with Crippen LogP contribution in [0.25, 0.3) is 0 Å². The third-order valence-electron chi connectivity index (χ3n) is 3.90. The van der Waals surface area contributed by atoms with Gasteiger partial charge in [0, 0.05) is 6.61 Å². The monoisotopic (exact) mass is 240 g/mol. The van der Waals surface area contributed by atoms with Crippen LogP contribution in [-0.4, -0.2) is 12.7 Å². The van der Waals surface area contributed by atoms with Gasteiger partial charge >= 0.3 is 0 Å². The highest BCUT2D eigenvalue weighted by Gasteiger charge is 2.12. The van der Waals surface area contributed by atoms with Crippen LogP contribution in [0, 0.1) is 0 Å². The lowest BCUT2D eigenvalue weighted by Crippen LogP contribution is -2.18. The molecule has 0 bridgehead atoms. The van der Waals surface area contributed by atoms with Gasteiger partial charge < -0.3 is 4.74 Å². The van der Waals surface area contributed by atoms with Gasteiger partial charge in [0.05, 0.1) is 6.10 Å². The van der Waals surface area contributed by atoms with Crippen molar-refractivity contribution in [3.8, 4) is 0 Å². The predicted octanol–water partition coefficient (Wildman–Crippen LogP) is 5.48. The van der Waals surface area contributed by atoms with Crippen LogP contribution in [0.4, 0.5) is 0 Å². The molecule has 0 spiro atoms. The van der Waals surface area contributed by atoms with Crippen LogP contribution in [0.5, 0.6) is 0 Å². The van der Waals surface area contributed by atoms with E-state index in [0.29, 0.717) is 6.10 Å².